The Balaban J connectivity index is 1.65. The summed E-state index contributed by atoms with van der Waals surface area (Å²) in [4.78, 5) is 18.7. The smallest absolute Gasteiger partial charge is 0.250 e. The Morgan fingerprint density at radius 1 is 1.24 bits per heavy atom. The van der Waals surface area contributed by atoms with Crippen LogP contribution in [0.3, 0.4) is 0 Å². The summed E-state index contributed by atoms with van der Waals surface area (Å²) in [5.74, 6) is 0.986. The first-order valence-corrected chi connectivity index (χ1v) is 9.95. The summed E-state index contributed by atoms with van der Waals surface area (Å²) >= 11 is 5.53. The van der Waals surface area contributed by atoms with Crippen LogP contribution < -0.4 is 14.8 Å². The van der Waals surface area contributed by atoms with Gasteiger partial charge in [0.05, 0.1) is 20.3 Å². The van der Waals surface area contributed by atoms with Crippen molar-refractivity contribution in [1.29, 1.82) is 0 Å². The highest BCUT2D eigenvalue weighted by Crippen LogP contribution is 2.30. The van der Waals surface area contributed by atoms with Crippen molar-refractivity contribution in [3.8, 4) is 11.5 Å². The number of hydrogen-bond acceptors (Lipinski definition) is 5. The zero-order valence-corrected chi connectivity index (χ0v) is 17.4. The van der Waals surface area contributed by atoms with Crippen molar-refractivity contribution >= 4 is 29.3 Å². The molecule has 0 bridgehead atoms. The topological polar surface area (TPSA) is 63.7 Å². The number of amides is 1. The Morgan fingerprint density at radius 3 is 2.79 bits per heavy atom. The molecule has 1 aliphatic rings. The van der Waals surface area contributed by atoms with Gasteiger partial charge in [0.15, 0.2) is 16.6 Å². The average Bonchev–Trinajstić information content (AvgIpc) is 2.78. The lowest BCUT2D eigenvalue weighted by Crippen LogP contribution is -2.46. The molecule has 1 aromatic heterocycles. The lowest BCUT2D eigenvalue weighted by Gasteiger charge is -2.37. The highest BCUT2D eigenvalue weighted by Gasteiger charge is 2.26. The zero-order chi connectivity index (χ0) is 20.6. The van der Waals surface area contributed by atoms with Crippen molar-refractivity contribution in [2.75, 3.05) is 20.8 Å². The number of piperidine rings is 1. The Morgan fingerprint density at radius 2 is 2.07 bits per heavy atom. The quantitative estimate of drug-likeness (QED) is 0.597. The van der Waals surface area contributed by atoms with Crippen LogP contribution in [-0.2, 0) is 4.79 Å². The second-order valence-corrected chi connectivity index (χ2v) is 7.12. The summed E-state index contributed by atoms with van der Waals surface area (Å²) in [5, 5.41) is 3.27. The van der Waals surface area contributed by atoms with E-state index in [1.165, 1.54) is 6.08 Å². The van der Waals surface area contributed by atoms with Crippen LogP contribution >= 0.6 is 12.2 Å². The van der Waals surface area contributed by atoms with E-state index in [1.807, 2.05) is 24.4 Å². The van der Waals surface area contributed by atoms with E-state index in [0.29, 0.717) is 16.6 Å². The Labute approximate surface area is 176 Å². The van der Waals surface area contributed by atoms with E-state index >= 15 is 0 Å². The maximum absolute atomic E-state index is 12.4. The third-order valence-corrected chi connectivity index (χ3v) is 5.23. The summed E-state index contributed by atoms with van der Waals surface area (Å²) in [7, 11) is 3.16. The highest BCUT2D eigenvalue weighted by molar-refractivity contribution is 7.80. The standard InChI is InChI=1S/C22H25N3O3S/c1-27-19-10-8-16(14-20(19)28-2)9-11-21(26)24-22(29)25-13-4-3-7-18(25)17-6-5-12-23-15-17/h5-6,8-12,14-15,18H,3-4,7,13H2,1-2H3,(H,24,26,29)/b11-9+. The number of pyridine rings is 1. The van der Waals surface area contributed by atoms with Gasteiger partial charge in [-0.3, -0.25) is 15.1 Å². The van der Waals surface area contributed by atoms with Gasteiger partial charge >= 0.3 is 0 Å². The van der Waals surface area contributed by atoms with Crippen LogP contribution in [0.4, 0.5) is 0 Å². The van der Waals surface area contributed by atoms with Crippen molar-refractivity contribution in [1.82, 2.24) is 15.2 Å². The molecule has 6 nitrogen and oxygen atoms in total. The molecule has 0 radical (unpaired) electrons. The minimum absolute atomic E-state index is 0.139. The predicted molar refractivity (Wildman–Crippen MR) is 117 cm³/mol. The van der Waals surface area contributed by atoms with E-state index < -0.39 is 0 Å². The molecule has 1 unspecified atom stereocenters. The molecule has 7 heteroatoms. The maximum Gasteiger partial charge on any atom is 0.250 e. The molecule has 1 atom stereocenters. The number of carbonyl (C=O) groups is 1. The van der Waals surface area contributed by atoms with Crippen LogP contribution in [0.25, 0.3) is 6.08 Å². The van der Waals surface area contributed by atoms with Crippen LogP contribution in [0.1, 0.15) is 36.4 Å². The van der Waals surface area contributed by atoms with Crippen LogP contribution in [0.15, 0.2) is 48.8 Å². The van der Waals surface area contributed by atoms with E-state index in [0.717, 1.165) is 36.9 Å². The van der Waals surface area contributed by atoms with Gasteiger partial charge in [-0.2, -0.15) is 0 Å². The lowest BCUT2D eigenvalue weighted by atomic mass is 9.97. The molecule has 1 N–H and O–H groups in total. The number of carbonyl (C=O) groups excluding carboxylic acids is 1. The van der Waals surface area contributed by atoms with E-state index in [9.17, 15) is 4.79 Å². The number of methoxy groups -OCH3 is 2. The first kappa shape index (κ1) is 20.8. The van der Waals surface area contributed by atoms with Gasteiger partial charge in [0.2, 0.25) is 5.91 Å². The third kappa shape index (κ3) is 5.32. The molecule has 3 rings (SSSR count). The average molecular weight is 412 g/mol. The van der Waals surface area contributed by atoms with Gasteiger partial charge in [0, 0.05) is 25.0 Å². The Hall–Kier alpha value is -2.93. The minimum atomic E-state index is -0.264. The van der Waals surface area contributed by atoms with Gasteiger partial charge < -0.3 is 14.4 Å². The van der Waals surface area contributed by atoms with Gasteiger partial charge in [-0.1, -0.05) is 12.1 Å². The van der Waals surface area contributed by atoms with E-state index in [4.69, 9.17) is 21.7 Å². The second-order valence-electron chi connectivity index (χ2n) is 6.73. The normalized spacial score (nSPS) is 16.5. The number of rotatable bonds is 5. The van der Waals surface area contributed by atoms with Gasteiger partial charge in [-0.15, -0.1) is 0 Å². The summed E-state index contributed by atoms with van der Waals surface area (Å²) in [6.45, 7) is 0.818. The van der Waals surface area contributed by atoms with Gasteiger partial charge in [0.25, 0.3) is 0 Å². The molecule has 1 amide bonds. The number of hydrogen-bond donors (Lipinski definition) is 1. The molecule has 29 heavy (non-hydrogen) atoms. The van der Waals surface area contributed by atoms with Crippen LogP contribution in [0, 0.1) is 0 Å². The lowest BCUT2D eigenvalue weighted by molar-refractivity contribution is -0.115. The van der Waals surface area contributed by atoms with Crippen molar-refractivity contribution in [2.45, 2.75) is 25.3 Å². The molecule has 0 aliphatic carbocycles. The molecular formula is C22H25N3O3S. The summed E-state index contributed by atoms with van der Waals surface area (Å²) in [6.07, 6.45) is 9.98. The van der Waals surface area contributed by atoms with E-state index in [-0.39, 0.29) is 11.9 Å². The van der Waals surface area contributed by atoms with Crippen LogP contribution in [-0.4, -0.2) is 41.7 Å². The molecule has 152 valence electrons. The summed E-state index contributed by atoms with van der Waals surface area (Å²) in [6, 6.07) is 9.58. The molecular weight excluding hydrogens is 386 g/mol. The molecule has 0 saturated carbocycles. The highest BCUT2D eigenvalue weighted by atomic mass is 32.1. The molecule has 0 spiro atoms. The molecule has 1 aliphatic heterocycles. The number of thiocarbonyl (C=S) groups is 1. The summed E-state index contributed by atoms with van der Waals surface area (Å²) < 4.78 is 10.5. The van der Waals surface area contributed by atoms with Crippen LogP contribution in [0.5, 0.6) is 11.5 Å². The largest absolute Gasteiger partial charge is 0.493 e. The first-order valence-electron chi connectivity index (χ1n) is 9.54. The Bertz CT molecular complexity index is 886. The fourth-order valence-corrected chi connectivity index (χ4v) is 3.76. The van der Waals surface area contributed by atoms with Crippen molar-refractivity contribution in [3.05, 3.63) is 59.9 Å². The SMILES string of the molecule is COc1ccc(/C=C/C(=O)NC(=S)N2CCCCC2c2cccnc2)cc1OC. The number of aromatic nitrogens is 1. The molecule has 1 fully saturated rings. The first-order chi connectivity index (χ1) is 14.1. The number of likely N-dealkylation sites (tertiary alicyclic amines) is 1. The summed E-state index contributed by atoms with van der Waals surface area (Å²) in [5.41, 5.74) is 1.94. The van der Waals surface area contributed by atoms with Crippen molar-refractivity contribution < 1.29 is 14.3 Å². The molecule has 2 aromatic rings. The molecule has 2 heterocycles. The minimum Gasteiger partial charge on any atom is -0.493 e. The van der Waals surface area contributed by atoms with E-state index in [2.05, 4.69) is 21.3 Å². The number of benzene rings is 1. The third-order valence-electron chi connectivity index (χ3n) is 4.90. The van der Waals surface area contributed by atoms with Crippen molar-refractivity contribution in [3.63, 3.8) is 0 Å². The number of nitrogens with zero attached hydrogens (tertiary/aromatic N) is 2. The number of ether oxygens (including phenoxy) is 2. The maximum atomic E-state index is 12.4. The number of nitrogens with one attached hydrogen (secondary N) is 1. The molecule has 1 saturated heterocycles. The van der Waals surface area contributed by atoms with Crippen molar-refractivity contribution in [2.24, 2.45) is 0 Å². The fraction of sp³-hybridized carbons (Fsp3) is 0.318. The van der Waals surface area contributed by atoms with E-state index in [1.54, 1.807) is 32.6 Å². The Kier molecular flexibility index (Phi) is 7.19. The second kappa shape index (κ2) is 10.0. The predicted octanol–water partition coefficient (Wildman–Crippen LogP) is 3.74. The van der Waals surface area contributed by atoms with Crippen LogP contribution in [0.2, 0.25) is 0 Å². The zero-order valence-electron chi connectivity index (χ0n) is 16.6. The van der Waals surface area contributed by atoms with Gasteiger partial charge in [-0.05, 0) is 66.9 Å². The monoisotopic (exact) mass is 411 g/mol. The fourth-order valence-electron chi connectivity index (χ4n) is 3.44. The van der Waals surface area contributed by atoms with Gasteiger partial charge in [0.1, 0.15) is 0 Å². The molecule has 1 aromatic carbocycles. The van der Waals surface area contributed by atoms with Gasteiger partial charge in [-0.25, -0.2) is 0 Å².